The van der Waals surface area contributed by atoms with Crippen molar-refractivity contribution >= 4 is 38.6 Å². The van der Waals surface area contributed by atoms with E-state index in [1.807, 2.05) is 20.8 Å². The molecule has 1 aromatic carbocycles. The zero-order valence-electron chi connectivity index (χ0n) is 14.7. The first kappa shape index (κ1) is 19.0. The molecule has 0 spiro atoms. The molecule has 2 aromatic rings. The van der Waals surface area contributed by atoms with E-state index in [9.17, 15) is 13.2 Å². The molecule has 0 unspecified atom stereocenters. The van der Waals surface area contributed by atoms with Gasteiger partial charge in [0.25, 0.3) is 0 Å². The van der Waals surface area contributed by atoms with Crippen molar-refractivity contribution in [2.45, 2.75) is 49.2 Å². The van der Waals surface area contributed by atoms with Gasteiger partial charge in [0.15, 0.2) is 15.4 Å². The van der Waals surface area contributed by atoms with Gasteiger partial charge in [-0.1, -0.05) is 32.4 Å². The summed E-state index contributed by atoms with van der Waals surface area (Å²) in [6, 6.07) is 3.17. The summed E-state index contributed by atoms with van der Waals surface area (Å²) in [5.41, 5.74) is 0.284. The summed E-state index contributed by atoms with van der Waals surface area (Å²) in [4.78, 5) is 14.9. The third-order valence-electron chi connectivity index (χ3n) is 4.56. The van der Waals surface area contributed by atoms with E-state index >= 15 is 0 Å². The van der Waals surface area contributed by atoms with Crippen molar-refractivity contribution in [1.29, 1.82) is 0 Å². The molecular weight excluding hydrogens is 380 g/mol. The van der Waals surface area contributed by atoms with Crippen LogP contribution >= 0.6 is 11.6 Å². The number of carbonyl (C=O) groups is 1. The number of hydrogen-bond donors (Lipinski definition) is 2. The van der Waals surface area contributed by atoms with Gasteiger partial charge < -0.3 is 14.8 Å². The maximum absolute atomic E-state index is 13.1. The Morgan fingerprint density at radius 1 is 1.38 bits per heavy atom. The second-order valence-electron chi connectivity index (χ2n) is 7.68. The summed E-state index contributed by atoms with van der Waals surface area (Å²) in [5, 5.41) is 10.4. The Bertz CT molecular complexity index is 955. The summed E-state index contributed by atoms with van der Waals surface area (Å²) < 4.78 is 32.0. The molecule has 1 aromatic heterocycles. The van der Waals surface area contributed by atoms with Crippen molar-refractivity contribution in [3.63, 3.8) is 0 Å². The molecule has 0 atom stereocenters. The number of carboxylic acid groups (broad SMARTS) is 1. The van der Waals surface area contributed by atoms with Crippen LogP contribution in [0.4, 0.5) is 4.79 Å². The van der Waals surface area contributed by atoms with E-state index in [-0.39, 0.29) is 33.4 Å². The van der Waals surface area contributed by atoms with Gasteiger partial charge in [0.05, 0.1) is 10.3 Å². The van der Waals surface area contributed by atoms with Crippen LogP contribution in [-0.2, 0) is 15.3 Å². The molecule has 2 N–H and O–H groups in total. The average Bonchev–Trinajstić information content (AvgIpc) is 2.88. The van der Waals surface area contributed by atoms with Gasteiger partial charge in [0, 0.05) is 12.0 Å². The molecule has 1 aliphatic rings. The number of aromatic nitrogens is 1. The Morgan fingerprint density at radius 2 is 2.04 bits per heavy atom. The van der Waals surface area contributed by atoms with Gasteiger partial charge >= 0.3 is 6.09 Å². The van der Waals surface area contributed by atoms with E-state index in [1.165, 1.54) is 6.07 Å². The molecule has 1 saturated carbocycles. The van der Waals surface area contributed by atoms with E-state index in [2.05, 4.69) is 10.3 Å². The van der Waals surface area contributed by atoms with E-state index in [1.54, 1.807) is 6.07 Å². The monoisotopic (exact) mass is 400 g/mol. The van der Waals surface area contributed by atoms with Crippen molar-refractivity contribution in [1.82, 2.24) is 10.3 Å². The number of benzene rings is 1. The first-order valence-electron chi connectivity index (χ1n) is 8.30. The standard InChI is InChI=1S/C17H21ClN2O5S/c1-17(2,3)15-20-12-5-4-11(18)14(13(12)25-15)26(23,24)10-6-9(7-10)8-19-16(21)22/h4-5,9-10,19H,6-8H2,1-3H3,(H,21,22). The third kappa shape index (κ3) is 3.40. The number of amides is 1. The lowest BCUT2D eigenvalue weighted by Crippen LogP contribution is -2.42. The summed E-state index contributed by atoms with van der Waals surface area (Å²) in [7, 11) is -3.70. The SMILES string of the molecule is CC(C)(C)c1nc2ccc(Cl)c(S(=O)(=O)C3CC(CNC(=O)O)C3)c2o1. The van der Waals surface area contributed by atoms with Gasteiger partial charge in [0.2, 0.25) is 5.89 Å². The molecule has 1 aliphatic carbocycles. The number of hydrogen-bond acceptors (Lipinski definition) is 5. The predicted molar refractivity (Wildman–Crippen MR) is 97.4 cm³/mol. The molecule has 3 rings (SSSR count). The second-order valence-corrected chi connectivity index (χ2v) is 10.3. The van der Waals surface area contributed by atoms with Gasteiger partial charge in [-0.25, -0.2) is 18.2 Å². The van der Waals surface area contributed by atoms with Crippen molar-refractivity contribution in [2.24, 2.45) is 5.92 Å². The Hall–Kier alpha value is -1.80. The van der Waals surface area contributed by atoms with Crippen LogP contribution < -0.4 is 5.32 Å². The lowest BCUT2D eigenvalue weighted by atomic mass is 9.85. The molecule has 1 fully saturated rings. The van der Waals surface area contributed by atoms with Crippen LogP contribution in [0.25, 0.3) is 11.1 Å². The summed E-state index contributed by atoms with van der Waals surface area (Å²) in [5.74, 6) is 0.451. The van der Waals surface area contributed by atoms with Crippen LogP contribution in [0.1, 0.15) is 39.5 Å². The quantitative estimate of drug-likeness (QED) is 0.811. The first-order valence-corrected chi connectivity index (χ1v) is 10.2. The number of rotatable bonds is 4. The smallest absolute Gasteiger partial charge is 0.404 e. The van der Waals surface area contributed by atoms with Gasteiger partial charge in [-0.15, -0.1) is 0 Å². The zero-order chi connectivity index (χ0) is 19.3. The fraction of sp³-hybridized carbons (Fsp3) is 0.529. The molecule has 7 nitrogen and oxygen atoms in total. The molecule has 0 bridgehead atoms. The number of nitrogens with zero attached hydrogens (tertiary/aromatic N) is 1. The minimum absolute atomic E-state index is 0.00344. The molecule has 9 heteroatoms. The van der Waals surface area contributed by atoms with Gasteiger partial charge in [-0.05, 0) is 30.9 Å². The molecule has 0 saturated heterocycles. The number of sulfone groups is 1. The minimum Gasteiger partial charge on any atom is -0.465 e. The summed E-state index contributed by atoms with van der Waals surface area (Å²) in [6.45, 7) is 6.04. The highest BCUT2D eigenvalue weighted by molar-refractivity contribution is 7.92. The van der Waals surface area contributed by atoms with Crippen molar-refractivity contribution in [3.05, 3.63) is 23.0 Å². The third-order valence-corrected chi connectivity index (χ3v) is 7.23. The molecule has 1 heterocycles. The number of fused-ring (bicyclic) bond motifs is 1. The lowest BCUT2D eigenvalue weighted by Gasteiger charge is -2.34. The highest BCUT2D eigenvalue weighted by Crippen LogP contribution is 2.41. The van der Waals surface area contributed by atoms with Gasteiger partial charge in [-0.3, -0.25) is 0 Å². The van der Waals surface area contributed by atoms with Crippen LogP contribution in [0, 0.1) is 5.92 Å². The topological polar surface area (TPSA) is 110 Å². The highest BCUT2D eigenvalue weighted by Gasteiger charge is 2.42. The van der Waals surface area contributed by atoms with E-state index in [0.717, 1.165) is 0 Å². The molecule has 1 amide bonds. The lowest BCUT2D eigenvalue weighted by molar-refractivity contribution is 0.188. The molecular formula is C17H21ClN2O5S. The van der Waals surface area contributed by atoms with Crippen molar-refractivity contribution < 1.29 is 22.7 Å². The normalized spacial score (nSPS) is 20.8. The van der Waals surface area contributed by atoms with Gasteiger partial charge in [0.1, 0.15) is 10.4 Å². The van der Waals surface area contributed by atoms with E-state index < -0.39 is 21.2 Å². The average molecular weight is 401 g/mol. The Kier molecular flexibility index (Phi) is 4.69. The van der Waals surface area contributed by atoms with Gasteiger partial charge in [-0.2, -0.15) is 0 Å². The molecule has 142 valence electrons. The predicted octanol–water partition coefficient (Wildman–Crippen LogP) is 3.60. The van der Waals surface area contributed by atoms with Crippen LogP contribution in [0.5, 0.6) is 0 Å². The summed E-state index contributed by atoms with van der Waals surface area (Å²) in [6.07, 6.45) is -0.342. The first-order chi connectivity index (χ1) is 12.0. The van der Waals surface area contributed by atoms with Crippen LogP contribution in [0.15, 0.2) is 21.4 Å². The summed E-state index contributed by atoms with van der Waals surface area (Å²) >= 11 is 6.22. The zero-order valence-corrected chi connectivity index (χ0v) is 16.3. The fourth-order valence-electron chi connectivity index (χ4n) is 3.02. The molecule has 0 radical (unpaired) electrons. The van der Waals surface area contributed by atoms with Crippen LogP contribution in [0.2, 0.25) is 5.02 Å². The van der Waals surface area contributed by atoms with Crippen molar-refractivity contribution in [3.8, 4) is 0 Å². The maximum Gasteiger partial charge on any atom is 0.404 e. The van der Waals surface area contributed by atoms with E-state index in [4.69, 9.17) is 21.1 Å². The van der Waals surface area contributed by atoms with E-state index in [0.29, 0.717) is 24.2 Å². The minimum atomic E-state index is -3.70. The Balaban J connectivity index is 1.93. The Morgan fingerprint density at radius 3 is 2.62 bits per heavy atom. The molecule has 0 aliphatic heterocycles. The number of oxazole rings is 1. The Labute approximate surface area is 156 Å². The largest absolute Gasteiger partial charge is 0.465 e. The van der Waals surface area contributed by atoms with Crippen LogP contribution in [0.3, 0.4) is 0 Å². The van der Waals surface area contributed by atoms with Crippen LogP contribution in [-0.4, -0.2) is 36.4 Å². The van der Waals surface area contributed by atoms with Crippen molar-refractivity contribution in [2.75, 3.05) is 6.54 Å². The second kappa shape index (κ2) is 6.42. The molecule has 26 heavy (non-hydrogen) atoms. The maximum atomic E-state index is 13.1. The fourth-order valence-corrected chi connectivity index (χ4v) is 5.62. The number of nitrogens with one attached hydrogen (secondary N) is 1. The highest BCUT2D eigenvalue weighted by atomic mass is 35.5. The number of halogens is 1.